The fraction of sp³-hybridized carbons (Fsp3) is 0.318. The molecule has 1 aliphatic rings. The second-order valence-electron chi connectivity index (χ2n) is 7.75. The summed E-state index contributed by atoms with van der Waals surface area (Å²) in [6.45, 7) is 8.80. The molecule has 0 unspecified atom stereocenters. The van der Waals surface area contributed by atoms with Crippen LogP contribution in [0.25, 0.3) is 11.0 Å². The molecule has 0 radical (unpaired) electrons. The minimum atomic E-state index is -0.227. The van der Waals surface area contributed by atoms with Crippen molar-refractivity contribution in [1.29, 1.82) is 0 Å². The second kappa shape index (κ2) is 5.90. The lowest BCUT2D eigenvalue weighted by Gasteiger charge is -2.43. The van der Waals surface area contributed by atoms with Crippen LogP contribution in [0.5, 0.6) is 0 Å². The predicted molar refractivity (Wildman–Crippen MR) is 103 cm³/mol. The van der Waals surface area contributed by atoms with Gasteiger partial charge in [0.05, 0.1) is 22.4 Å². The summed E-state index contributed by atoms with van der Waals surface area (Å²) in [5.74, 6) is 0.0476. The standard InChI is InChI=1S/C22H23N3O/c1-14-15(2)24-20-11-16(9-10-19(20)23-14)21(26)25-13-18-8-6-5-7-17(18)12-22(25,3)4/h5-11H,12-13H2,1-4H3. The highest BCUT2D eigenvalue weighted by Gasteiger charge is 2.36. The van der Waals surface area contributed by atoms with E-state index in [1.807, 2.05) is 43.0 Å². The number of benzene rings is 2. The van der Waals surface area contributed by atoms with Crippen LogP contribution in [-0.4, -0.2) is 26.3 Å². The summed E-state index contributed by atoms with van der Waals surface area (Å²) in [6.07, 6.45) is 0.862. The quantitative estimate of drug-likeness (QED) is 0.663. The maximum absolute atomic E-state index is 13.3. The van der Waals surface area contributed by atoms with E-state index >= 15 is 0 Å². The van der Waals surface area contributed by atoms with Crippen LogP contribution in [0.4, 0.5) is 0 Å². The monoisotopic (exact) mass is 345 g/mol. The fourth-order valence-corrected chi connectivity index (χ4v) is 3.70. The van der Waals surface area contributed by atoms with E-state index in [0.717, 1.165) is 28.8 Å². The summed E-state index contributed by atoms with van der Waals surface area (Å²) in [5, 5.41) is 0. The summed E-state index contributed by atoms with van der Waals surface area (Å²) >= 11 is 0. The number of aromatic nitrogens is 2. The largest absolute Gasteiger partial charge is 0.329 e. The van der Waals surface area contributed by atoms with Crippen LogP contribution in [0, 0.1) is 13.8 Å². The highest BCUT2D eigenvalue weighted by Crippen LogP contribution is 2.32. The molecule has 0 aliphatic carbocycles. The smallest absolute Gasteiger partial charge is 0.254 e. The lowest BCUT2D eigenvalue weighted by atomic mass is 9.85. The van der Waals surface area contributed by atoms with E-state index in [1.54, 1.807) is 0 Å². The van der Waals surface area contributed by atoms with Gasteiger partial charge in [0.2, 0.25) is 0 Å². The Labute approximate surface area is 153 Å². The highest BCUT2D eigenvalue weighted by atomic mass is 16.2. The van der Waals surface area contributed by atoms with Gasteiger partial charge in [0.1, 0.15) is 0 Å². The van der Waals surface area contributed by atoms with Crippen molar-refractivity contribution >= 4 is 16.9 Å². The third-order valence-corrected chi connectivity index (χ3v) is 5.37. The Morgan fingerprint density at radius 3 is 2.35 bits per heavy atom. The number of hydrogen-bond acceptors (Lipinski definition) is 3. The Hall–Kier alpha value is -2.75. The molecule has 4 nitrogen and oxygen atoms in total. The molecule has 0 spiro atoms. The first kappa shape index (κ1) is 16.7. The van der Waals surface area contributed by atoms with Crippen LogP contribution in [0.1, 0.15) is 46.7 Å². The van der Waals surface area contributed by atoms with Gasteiger partial charge >= 0.3 is 0 Å². The van der Waals surface area contributed by atoms with Gasteiger partial charge in [0.25, 0.3) is 5.91 Å². The van der Waals surface area contributed by atoms with Gasteiger partial charge in [-0.2, -0.15) is 0 Å². The molecule has 4 rings (SSSR count). The van der Waals surface area contributed by atoms with Crippen LogP contribution in [0.3, 0.4) is 0 Å². The van der Waals surface area contributed by atoms with E-state index in [9.17, 15) is 4.79 Å². The van der Waals surface area contributed by atoms with Gasteiger partial charge in [0.15, 0.2) is 0 Å². The van der Waals surface area contributed by atoms with Crippen molar-refractivity contribution in [3.63, 3.8) is 0 Å². The second-order valence-corrected chi connectivity index (χ2v) is 7.75. The van der Waals surface area contributed by atoms with Crippen LogP contribution in [0.2, 0.25) is 0 Å². The zero-order valence-electron chi connectivity index (χ0n) is 15.7. The van der Waals surface area contributed by atoms with Crippen LogP contribution in [-0.2, 0) is 13.0 Å². The van der Waals surface area contributed by atoms with Crippen molar-refractivity contribution < 1.29 is 4.79 Å². The number of carbonyl (C=O) groups is 1. The van der Waals surface area contributed by atoms with E-state index in [1.165, 1.54) is 11.1 Å². The molecule has 2 aromatic carbocycles. The first-order valence-corrected chi connectivity index (χ1v) is 8.99. The average molecular weight is 345 g/mol. The molecule has 132 valence electrons. The van der Waals surface area contributed by atoms with E-state index in [2.05, 4.69) is 42.0 Å². The van der Waals surface area contributed by atoms with Crippen molar-refractivity contribution in [1.82, 2.24) is 14.9 Å². The lowest BCUT2D eigenvalue weighted by molar-refractivity contribution is 0.0489. The molecule has 0 N–H and O–H groups in total. The molecule has 4 heteroatoms. The molecule has 0 bridgehead atoms. The summed E-state index contributed by atoms with van der Waals surface area (Å²) in [6, 6.07) is 14.0. The summed E-state index contributed by atoms with van der Waals surface area (Å²) < 4.78 is 0. The number of carbonyl (C=O) groups excluding carboxylic acids is 1. The minimum Gasteiger partial charge on any atom is -0.329 e. The minimum absolute atomic E-state index is 0.0476. The van der Waals surface area contributed by atoms with Gasteiger partial charge in [-0.05, 0) is 63.4 Å². The molecule has 1 aliphatic heterocycles. The average Bonchev–Trinajstić information content (AvgIpc) is 2.60. The number of rotatable bonds is 1. The van der Waals surface area contributed by atoms with E-state index in [4.69, 9.17) is 0 Å². The Bertz CT molecular complexity index is 1020. The molecular formula is C22H23N3O. The third-order valence-electron chi connectivity index (χ3n) is 5.37. The Morgan fingerprint density at radius 1 is 0.962 bits per heavy atom. The van der Waals surface area contributed by atoms with Gasteiger partial charge in [-0.15, -0.1) is 0 Å². The third kappa shape index (κ3) is 2.75. The molecule has 3 aromatic rings. The van der Waals surface area contributed by atoms with Crippen molar-refractivity contribution in [2.24, 2.45) is 0 Å². The number of nitrogens with zero attached hydrogens (tertiary/aromatic N) is 3. The van der Waals surface area contributed by atoms with E-state index in [-0.39, 0.29) is 11.4 Å². The summed E-state index contributed by atoms with van der Waals surface area (Å²) in [7, 11) is 0. The maximum atomic E-state index is 13.3. The van der Waals surface area contributed by atoms with Crippen molar-refractivity contribution in [3.05, 3.63) is 70.5 Å². The summed E-state index contributed by atoms with van der Waals surface area (Å²) in [4.78, 5) is 24.4. The maximum Gasteiger partial charge on any atom is 0.254 e. The van der Waals surface area contributed by atoms with Gasteiger partial charge in [-0.1, -0.05) is 24.3 Å². The molecule has 0 saturated carbocycles. The molecule has 26 heavy (non-hydrogen) atoms. The van der Waals surface area contributed by atoms with Crippen molar-refractivity contribution in [2.45, 2.75) is 46.2 Å². The molecule has 1 amide bonds. The number of amides is 1. The highest BCUT2D eigenvalue weighted by molar-refractivity contribution is 5.97. The number of aryl methyl sites for hydroxylation is 2. The fourth-order valence-electron chi connectivity index (χ4n) is 3.70. The number of hydrogen-bond donors (Lipinski definition) is 0. The van der Waals surface area contributed by atoms with E-state index in [0.29, 0.717) is 12.1 Å². The van der Waals surface area contributed by atoms with Crippen LogP contribution in [0.15, 0.2) is 42.5 Å². The van der Waals surface area contributed by atoms with Crippen molar-refractivity contribution in [3.8, 4) is 0 Å². The summed E-state index contributed by atoms with van der Waals surface area (Å²) in [5.41, 5.74) is 6.42. The van der Waals surface area contributed by atoms with Gasteiger partial charge in [-0.3, -0.25) is 4.79 Å². The van der Waals surface area contributed by atoms with Crippen LogP contribution >= 0.6 is 0 Å². The molecule has 1 aromatic heterocycles. The van der Waals surface area contributed by atoms with Crippen LogP contribution < -0.4 is 0 Å². The zero-order chi connectivity index (χ0) is 18.5. The Morgan fingerprint density at radius 2 is 1.62 bits per heavy atom. The molecular weight excluding hydrogens is 322 g/mol. The van der Waals surface area contributed by atoms with Crippen molar-refractivity contribution in [2.75, 3.05) is 0 Å². The molecule has 0 atom stereocenters. The Kier molecular flexibility index (Phi) is 3.79. The molecule has 0 saturated heterocycles. The lowest BCUT2D eigenvalue weighted by Crippen LogP contribution is -2.51. The SMILES string of the molecule is Cc1nc2ccc(C(=O)N3Cc4ccccc4CC3(C)C)cc2nc1C. The predicted octanol–water partition coefficient (Wildman–Crippen LogP) is 4.22. The molecule has 2 heterocycles. The first-order chi connectivity index (χ1) is 12.3. The topological polar surface area (TPSA) is 46.1 Å². The van der Waals surface area contributed by atoms with Gasteiger partial charge < -0.3 is 4.90 Å². The van der Waals surface area contributed by atoms with E-state index < -0.39 is 0 Å². The van der Waals surface area contributed by atoms with Gasteiger partial charge in [0, 0.05) is 17.6 Å². The molecule has 0 fully saturated rings. The van der Waals surface area contributed by atoms with Gasteiger partial charge in [-0.25, -0.2) is 9.97 Å². The Balaban J connectivity index is 1.73. The first-order valence-electron chi connectivity index (χ1n) is 8.99. The zero-order valence-corrected chi connectivity index (χ0v) is 15.7. The number of fused-ring (bicyclic) bond motifs is 2. The normalized spacial score (nSPS) is 15.8.